The highest BCUT2D eigenvalue weighted by Gasteiger charge is 2.37. The van der Waals surface area contributed by atoms with Gasteiger partial charge in [0.05, 0.1) is 12.0 Å². The number of rotatable bonds is 6. The Bertz CT molecular complexity index is 606. The number of nitro groups is 1. The molecule has 142 valence electrons. The Labute approximate surface area is 153 Å². The summed E-state index contributed by atoms with van der Waals surface area (Å²) < 4.78 is 5.11. The number of nitrogens with one attached hydrogen (secondary N) is 1. The number of halogens is 1. The van der Waals surface area contributed by atoms with Crippen LogP contribution in [0.3, 0.4) is 0 Å². The van der Waals surface area contributed by atoms with Crippen molar-refractivity contribution in [1.29, 1.82) is 0 Å². The Hall–Kier alpha value is -1.61. The van der Waals surface area contributed by atoms with Crippen molar-refractivity contribution in [2.75, 3.05) is 39.9 Å². The Kier molecular flexibility index (Phi) is 7.43. The monoisotopic (exact) mass is 375 g/mol. The van der Waals surface area contributed by atoms with E-state index in [0.29, 0.717) is 5.56 Å². The van der Waals surface area contributed by atoms with E-state index in [0.717, 1.165) is 26.2 Å². The van der Waals surface area contributed by atoms with Crippen molar-refractivity contribution in [3.8, 4) is 11.5 Å². The van der Waals surface area contributed by atoms with Gasteiger partial charge in [0, 0.05) is 50.3 Å². The van der Waals surface area contributed by atoms with Gasteiger partial charge in [0.15, 0.2) is 5.75 Å². The van der Waals surface area contributed by atoms with Crippen LogP contribution < -0.4 is 10.1 Å². The molecule has 0 bridgehead atoms. The summed E-state index contributed by atoms with van der Waals surface area (Å²) in [6, 6.07) is 2.76. The van der Waals surface area contributed by atoms with Gasteiger partial charge >= 0.3 is 5.69 Å². The first-order valence-corrected chi connectivity index (χ1v) is 7.92. The third-order valence-electron chi connectivity index (χ3n) is 4.47. The summed E-state index contributed by atoms with van der Waals surface area (Å²) in [6.07, 6.45) is 0. The first kappa shape index (κ1) is 21.4. The standard InChI is InChI=1S/C16H25N3O5.ClH/c1-16(2,10-20)15(18-6-4-17-5-7-18)11-8-12(19(22)23)14(21)13(9-11)24-3;/h8-9,15,17,20-21H,4-7,10H2,1-3H3;1H/t15-;/m0./s1. The number of hydrogen-bond donors (Lipinski definition) is 3. The minimum absolute atomic E-state index is 0. The van der Waals surface area contributed by atoms with Crippen molar-refractivity contribution >= 4 is 18.1 Å². The molecular weight excluding hydrogens is 350 g/mol. The van der Waals surface area contributed by atoms with Gasteiger partial charge in [0.2, 0.25) is 5.75 Å². The van der Waals surface area contributed by atoms with Crippen molar-refractivity contribution in [2.45, 2.75) is 19.9 Å². The van der Waals surface area contributed by atoms with Crippen LogP contribution in [0.25, 0.3) is 0 Å². The quantitative estimate of drug-likeness (QED) is 0.513. The molecule has 0 radical (unpaired) electrons. The number of aromatic hydroxyl groups is 1. The highest BCUT2D eigenvalue weighted by Crippen LogP contribution is 2.44. The van der Waals surface area contributed by atoms with Crippen molar-refractivity contribution in [2.24, 2.45) is 5.41 Å². The lowest BCUT2D eigenvalue weighted by molar-refractivity contribution is -0.386. The first-order valence-electron chi connectivity index (χ1n) is 7.92. The number of hydrogen-bond acceptors (Lipinski definition) is 7. The molecule has 1 aliphatic heterocycles. The summed E-state index contributed by atoms with van der Waals surface area (Å²) in [5, 5.41) is 34.4. The van der Waals surface area contributed by atoms with Crippen LogP contribution in [0, 0.1) is 15.5 Å². The Balaban J connectivity index is 0.00000312. The third kappa shape index (κ3) is 4.52. The predicted molar refractivity (Wildman–Crippen MR) is 96.6 cm³/mol. The first-order chi connectivity index (χ1) is 11.3. The molecule has 1 atom stereocenters. The maximum atomic E-state index is 11.3. The highest BCUT2D eigenvalue weighted by molar-refractivity contribution is 5.85. The number of aliphatic hydroxyl groups is 1. The zero-order valence-electron chi connectivity index (χ0n) is 14.7. The molecule has 1 fully saturated rings. The zero-order chi connectivity index (χ0) is 17.9. The van der Waals surface area contributed by atoms with Crippen molar-refractivity contribution in [3.63, 3.8) is 0 Å². The Morgan fingerprint density at radius 1 is 1.40 bits per heavy atom. The van der Waals surface area contributed by atoms with Crippen molar-refractivity contribution in [3.05, 3.63) is 27.8 Å². The average Bonchev–Trinajstić information content (AvgIpc) is 2.56. The zero-order valence-corrected chi connectivity index (χ0v) is 15.5. The highest BCUT2D eigenvalue weighted by atomic mass is 35.5. The number of phenolic OH excluding ortho intramolecular Hbond substituents is 1. The average molecular weight is 376 g/mol. The number of nitro benzene ring substituents is 1. The fourth-order valence-electron chi connectivity index (χ4n) is 3.25. The van der Waals surface area contributed by atoms with Crippen LogP contribution in [0.2, 0.25) is 0 Å². The molecule has 2 rings (SSSR count). The van der Waals surface area contributed by atoms with Gasteiger partial charge in [-0.2, -0.15) is 0 Å². The summed E-state index contributed by atoms with van der Waals surface area (Å²) in [6.45, 7) is 6.94. The van der Waals surface area contributed by atoms with E-state index < -0.39 is 21.8 Å². The molecular formula is C16H26ClN3O5. The number of nitrogens with zero attached hydrogens (tertiary/aromatic N) is 2. The van der Waals surface area contributed by atoms with Crippen LogP contribution in [0.5, 0.6) is 11.5 Å². The number of benzene rings is 1. The number of phenols is 1. The molecule has 0 saturated carbocycles. The third-order valence-corrected chi connectivity index (χ3v) is 4.47. The minimum atomic E-state index is -0.623. The molecule has 0 spiro atoms. The molecule has 3 N–H and O–H groups in total. The summed E-state index contributed by atoms with van der Waals surface area (Å²) in [5.41, 5.74) is -0.261. The molecule has 1 aliphatic rings. The molecule has 0 aliphatic carbocycles. The normalized spacial score (nSPS) is 16.8. The van der Waals surface area contributed by atoms with E-state index in [2.05, 4.69) is 10.2 Å². The van der Waals surface area contributed by atoms with Crippen LogP contribution in [0.1, 0.15) is 25.5 Å². The van der Waals surface area contributed by atoms with Gasteiger partial charge in [-0.25, -0.2) is 0 Å². The molecule has 0 unspecified atom stereocenters. The molecule has 1 heterocycles. The van der Waals surface area contributed by atoms with E-state index in [4.69, 9.17) is 4.74 Å². The van der Waals surface area contributed by atoms with E-state index in [1.54, 1.807) is 6.07 Å². The number of ether oxygens (including phenoxy) is 1. The molecule has 9 heteroatoms. The van der Waals surface area contributed by atoms with E-state index in [1.165, 1.54) is 13.2 Å². The van der Waals surface area contributed by atoms with Crippen LogP contribution in [0.4, 0.5) is 5.69 Å². The topological polar surface area (TPSA) is 108 Å². The summed E-state index contributed by atoms with van der Waals surface area (Å²) in [7, 11) is 1.36. The second kappa shape index (κ2) is 8.66. The second-order valence-corrected chi connectivity index (χ2v) is 6.68. The fourth-order valence-corrected chi connectivity index (χ4v) is 3.25. The number of piperazine rings is 1. The van der Waals surface area contributed by atoms with Gasteiger partial charge in [-0.05, 0) is 11.6 Å². The predicted octanol–water partition coefficient (Wildman–Crippen LogP) is 1.70. The lowest BCUT2D eigenvalue weighted by Crippen LogP contribution is -2.49. The van der Waals surface area contributed by atoms with Crippen LogP contribution in [0.15, 0.2) is 12.1 Å². The lowest BCUT2D eigenvalue weighted by Gasteiger charge is -2.43. The molecule has 8 nitrogen and oxygen atoms in total. The van der Waals surface area contributed by atoms with Gasteiger partial charge in [-0.3, -0.25) is 15.0 Å². The lowest BCUT2D eigenvalue weighted by atomic mass is 9.79. The van der Waals surface area contributed by atoms with E-state index in [1.807, 2.05) is 13.8 Å². The summed E-state index contributed by atoms with van der Waals surface area (Å²) in [5.74, 6) is -0.416. The molecule has 0 aromatic heterocycles. The SMILES string of the molecule is COc1cc([C@H](N2CCNCC2)C(C)(C)CO)cc([N+](=O)[O-])c1O.Cl. The second-order valence-electron chi connectivity index (χ2n) is 6.68. The van der Waals surface area contributed by atoms with Crippen LogP contribution in [-0.2, 0) is 0 Å². The largest absolute Gasteiger partial charge is 0.500 e. The molecule has 1 aromatic rings. The van der Waals surface area contributed by atoms with Gasteiger partial charge in [-0.1, -0.05) is 13.8 Å². The van der Waals surface area contributed by atoms with E-state index in [9.17, 15) is 20.3 Å². The van der Waals surface area contributed by atoms with Crippen molar-refractivity contribution < 1.29 is 19.9 Å². The smallest absolute Gasteiger partial charge is 0.314 e. The molecule has 1 aromatic carbocycles. The van der Waals surface area contributed by atoms with Gasteiger partial charge in [0.1, 0.15) is 0 Å². The van der Waals surface area contributed by atoms with Gasteiger partial charge in [-0.15, -0.1) is 12.4 Å². The molecule has 25 heavy (non-hydrogen) atoms. The van der Waals surface area contributed by atoms with Crippen molar-refractivity contribution in [1.82, 2.24) is 10.2 Å². The summed E-state index contributed by atoms with van der Waals surface area (Å²) >= 11 is 0. The number of methoxy groups -OCH3 is 1. The Morgan fingerprint density at radius 3 is 2.48 bits per heavy atom. The van der Waals surface area contributed by atoms with E-state index >= 15 is 0 Å². The van der Waals surface area contributed by atoms with Gasteiger partial charge < -0.3 is 20.3 Å². The van der Waals surface area contributed by atoms with Crippen LogP contribution >= 0.6 is 12.4 Å². The molecule has 1 saturated heterocycles. The fraction of sp³-hybridized carbons (Fsp3) is 0.625. The molecule has 0 amide bonds. The summed E-state index contributed by atoms with van der Waals surface area (Å²) in [4.78, 5) is 12.9. The van der Waals surface area contributed by atoms with E-state index in [-0.39, 0.29) is 30.8 Å². The number of aliphatic hydroxyl groups excluding tert-OH is 1. The maximum absolute atomic E-state index is 11.3. The Morgan fingerprint density at radius 2 is 2.00 bits per heavy atom. The van der Waals surface area contributed by atoms with Gasteiger partial charge in [0.25, 0.3) is 0 Å². The van der Waals surface area contributed by atoms with Crippen LogP contribution in [-0.4, -0.2) is 59.9 Å². The minimum Gasteiger partial charge on any atom is -0.500 e. The maximum Gasteiger partial charge on any atom is 0.314 e.